The lowest BCUT2D eigenvalue weighted by Crippen LogP contribution is -2.49. The summed E-state index contributed by atoms with van der Waals surface area (Å²) in [7, 11) is 0. The number of β-amino-alcohol motifs (C(OH)–C–C–N with tert-alkyl or cyclic N) is 1. The maximum atomic E-state index is 12.3. The second-order valence-corrected chi connectivity index (χ2v) is 6.05. The van der Waals surface area contributed by atoms with Crippen LogP contribution in [-0.2, 0) is 4.79 Å². The van der Waals surface area contributed by atoms with E-state index in [0.717, 1.165) is 51.5 Å². The van der Waals surface area contributed by atoms with Crippen molar-refractivity contribution in [2.45, 2.75) is 18.9 Å². The molecular formula is C16H24N4O2. The first-order chi connectivity index (χ1) is 10.7. The number of aromatic nitrogens is 1. The summed E-state index contributed by atoms with van der Waals surface area (Å²) >= 11 is 0. The molecule has 0 saturated carbocycles. The fraction of sp³-hybridized carbons (Fsp3) is 0.625. The van der Waals surface area contributed by atoms with Crippen LogP contribution in [0.2, 0.25) is 0 Å². The summed E-state index contributed by atoms with van der Waals surface area (Å²) in [5.41, 5.74) is 0. The molecule has 0 unspecified atom stereocenters. The van der Waals surface area contributed by atoms with Gasteiger partial charge in [-0.3, -0.25) is 4.79 Å². The van der Waals surface area contributed by atoms with Crippen molar-refractivity contribution in [1.29, 1.82) is 0 Å². The van der Waals surface area contributed by atoms with E-state index >= 15 is 0 Å². The summed E-state index contributed by atoms with van der Waals surface area (Å²) in [6.07, 6.45) is 2.97. The Kier molecular flexibility index (Phi) is 4.90. The van der Waals surface area contributed by atoms with Crippen molar-refractivity contribution in [1.82, 2.24) is 14.8 Å². The number of aliphatic hydroxyl groups is 1. The van der Waals surface area contributed by atoms with Crippen molar-refractivity contribution in [3.05, 3.63) is 24.4 Å². The first-order valence-electron chi connectivity index (χ1n) is 8.06. The number of carbonyl (C=O) groups is 1. The minimum atomic E-state index is -0.211. The maximum absolute atomic E-state index is 12.3. The molecular weight excluding hydrogens is 280 g/mol. The van der Waals surface area contributed by atoms with Crippen molar-refractivity contribution in [2.75, 3.05) is 50.7 Å². The van der Waals surface area contributed by atoms with Gasteiger partial charge in [0.2, 0.25) is 5.91 Å². The number of pyridine rings is 1. The Hall–Kier alpha value is -1.66. The van der Waals surface area contributed by atoms with E-state index in [2.05, 4.69) is 14.8 Å². The van der Waals surface area contributed by atoms with Crippen LogP contribution in [0.4, 0.5) is 5.82 Å². The number of piperazine rings is 1. The number of rotatable bonds is 4. The molecule has 1 aromatic heterocycles. The molecule has 0 aliphatic carbocycles. The molecule has 2 aliphatic heterocycles. The third kappa shape index (κ3) is 3.75. The molecule has 1 atom stereocenters. The highest BCUT2D eigenvalue weighted by molar-refractivity contribution is 5.76. The fourth-order valence-electron chi connectivity index (χ4n) is 3.15. The Bertz CT molecular complexity index is 488. The van der Waals surface area contributed by atoms with E-state index in [0.29, 0.717) is 13.0 Å². The number of anilines is 1. The molecule has 6 nitrogen and oxygen atoms in total. The average Bonchev–Trinajstić information content (AvgIpc) is 2.99. The molecule has 0 bridgehead atoms. The smallest absolute Gasteiger partial charge is 0.223 e. The number of hydrogen-bond acceptors (Lipinski definition) is 5. The second-order valence-electron chi connectivity index (χ2n) is 6.05. The number of nitrogens with zero attached hydrogens (tertiary/aromatic N) is 4. The van der Waals surface area contributed by atoms with Crippen LogP contribution in [0.5, 0.6) is 0 Å². The highest BCUT2D eigenvalue weighted by atomic mass is 16.3. The van der Waals surface area contributed by atoms with Crippen molar-refractivity contribution in [2.24, 2.45) is 0 Å². The van der Waals surface area contributed by atoms with Gasteiger partial charge in [-0.1, -0.05) is 6.07 Å². The van der Waals surface area contributed by atoms with Crippen molar-refractivity contribution in [3.63, 3.8) is 0 Å². The Labute approximate surface area is 131 Å². The molecule has 0 spiro atoms. The van der Waals surface area contributed by atoms with Gasteiger partial charge in [-0.05, 0) is 18.6 Å². The van der Waals surface area contributed by atoms with Crippen LogP contribution in [0.15, 0.2) is 24.4 Å². The van der Waals surface area contributed by atoms with Crippen molar-refractivity contribution in [3.8, 4) is 0 Å². The summed E-state index contributed by atoms with van der Waals surface area (Å²) in [5.74, 6) is 1.21. The fourth-order valence-corrected chi connectivity index (χ4v) is 3.15. The molecule has 0 radical (unpaired) electrons. The lowest BCUT2D eigenvalue weighted by atomic mass is 10.2. The largest absolute Gasteiger partial charge is 0.392 e. The minimum absolute atomic E-state index is 0.211. The lowest BCUT2D eigenvalue weighted by molar-refractivity contribution is -0.131. The van der Waals surface area contributed by atoms with Gasteiger partial charge in [0.1, 0.15) is 5.82 Å². The quantitative estimate of drug-likeness (QED) is 0.860. The van der Waals surface area contributed by atoms with Crippen LogP contribution in [-0.4, -0.2) is 77.7 Å². The number of likely N-dealkylation sites (tertiary alicyclic amines) is 1. The molecule has 1 amide bonds. The zero-order valence-electron chi connectivity index (χ0n) is 12.9. The minimum Gasteiger partial charge on any atom is -0.392 e. The summed E-state index contributed by atoms with van der Waals surface area (Å²) in [6.45, 7) is 5.57. The summed E-state index contributed by atoms with van der Waals surface area (Å²) in [6, 6.07) is 5.92. The van der Waals surface area contributed by atoms with Crippen LogP contribution >= 0.6 is 0 Å². The van der Waals surface area contributed by atoms with Crippen LogP contribution in [0.1, 0.15) is 12.8 Å². The summed E-state index contributed by atoms with van der Waals surface area (Å²) in [4.78, 5) is 23.0. The highest BCUT2D eigenvalue weighted by Crippen LogP contribution is 2.14. The van der Waals surface area contributed by atoms with Crippen LogP contribution < -0.4 is 4.90 Å². The van der Waals surface area contributed by atoms with Gasteiger partial charge in [-0.25, -0.2) is 4.98 Å². The topological polar surface area (TPSA) is 59.9 Å². The van der Waals surface area contributed by atoms with Crippen LogP contribution in [0.3, 0.4) is 0 Å². The Morgan fingerprint density at radius 2 is 2.05 bits per heavy atom. The first kappa shape index (κ1) is 15.2. The number of hydrogen-bond donors (Lipinski definition) is 1. The Balaban J connectivity index is 1.42. The highest BCUT2D eigenvalue weighted by Gasteiger charge is 2.24. The van der Waals surface area contributed by atoms with E-state index in [9.17, 15) is 9.90 Å². The van der Waals surface area contributed by atoms with Gasteiger partial charge >= 0.3 is 0 Å². The van der Waals surface area contributed by atoms with Gasteiger partial charge in [0.15, 0.2) is 0 Å². The molecule has 0 aromatic carbocycles. The standard InChI is InChI=1S/C16H24N4O2/c21-14-4-7-18(13-14)8-5-16(22)20-11-9-19(10-12-20)15-3-1-2-6-17-15/h1-3,6,14,21H,4-5,7-13H2/t14-/m0/s1. The van der Waals surface area contributed by atoms with E-state index in [1.165, 1.54) is 0 Å². The predicted octanol–water partition coefficient (Wildman–Crippen LogP) is 0.187. The van der Waals surface area contributed by atoms with Crippen molar-refractivity contribution < 1.29 is 9.90 Å². The Morgan fingerprint density at radius 1 is 1.23 bits per heavy atom. The van der Waals surface area contributed by atoms with E-state index < -0.39 is 0 Å². The zero-order chi connectivity index (χ0) is 15.4. The average molecular weight is 304 g/mol. The summed E-state index contributed by atoms with van der Waals surface area (Å²) < 4.78 is 0. The van der Waals surface area contributed by atoms with E-state index in [1.54, 1.807) is 6.20 Å². The molecule has 1 N–H and O–H groups in total. The van der Waals surface area contributed by atoms with Gasteiger partial charge in [0.05, 0.1) is 6.10 Å². The first-order valence-corrected chi connectivity index (χ1v) is 8.06. The molecule has 1 aromatic rings. The van der Waals surface area contributed by atoms with Gasteiger partial charge in [0, 0.05) is 58.4 Å². The second kappa shape index (κ2) is 7.07. The molecule has 120 valence electrons. The third-order valence-corrected chi connectivity index (χ3v) is 4.50. The maximum Gasteiger partial charge on any atom is 0.223 e. The lowest BCUT2D eigenvalue weighted by Gasteiger charge is -2.35. The number of aliphatic hydroxyl groups excluding tert-OH is 1. The SMILES string of the molecule is O=C(CCN1CC[C@H](O)C1)N1CCN(c2ccccn2)CC1. The number of amides is 1. The van der Waals surface area contributed by atoms with Gasteiger partial charge in [-0.2, -0.15) is 0 Å². The molecule has 2 fully saturated rings. The van der Waals surface area contributed by atoms with Crippen molar-refractivity contribution >= 4 is 11.7 Å². The summed E-state index contributed by atoms with van der Waals surface area (Å²) in [5, 5.41) is 9.50. The normalized spacial score (nSPS) is 23.0. The Morgan fingerprint density at radius 3 is 2.68 bits per heavy atom. The monoisotopic (exact) mass is 304 g/mol. The van der Waals surface area contributed by atoms with Crippen LogP contribution in [0.25, 0.3) is 0 Å². The molecule has 2 aliphatic rings. The molecule has 2 saturated heterocycles. The molecule has 3 heterocycles. The van der Waals surface area contributed by atoms with E-state index in [1.807, 2.05) is 23.1 Å². The van der Waals surface area contributed by atoms with Gasteiger partial charge in [0.25, 0.3) is 0 Å². The third-order valence-electron chi connectivity index (χ3n) is 4.50. The zero-order valence-corrected chi connectivity index (χ0v) is 12.9. The van der Waals surface area contributed by atoms with Crippen LogP contribution in [0, 0.1) is 0 Å². The van der Waals surface area contributed by atoms with Gasteiger partial charge in [-0.15, -0.1) is 0 Å². The molecule has 3 rings (SSSR count). The van der Waals surface area contributed by atoms with E-state index in [4.69, 9.17) is 0 Å². The molecule has 6 heteroatoms. The molecule has 22 heavy (non-hydrogen) atoms. The number of carbonyl (C=O) groups excluding carboxylic acids is 1. The predicted molar refractivity (Wildman–Crippen MR) is 84.7 cm³/mol. The van der Waals surface area contributed by atoms with Gasteiger partial charge < -0.3 is 19.8 Å². The van der Waals surface area contributed by atoms with E-state index in [-0.39, 0.29) is 12.0 Å².